The highest BCUT2D eigenvalue weighted by molar-refractivity contribution is 5.90. The fourth-order valence-electron chi connectivity index (χ4n) is 2.85. The van der Waals surface area contributed by atoms with Crippen molar-refractivity contribution in [3.8, 4) is 0 Å². The average molecular weight is 367 g/mol. The number of carbonyl (C=O) groups excluding carboxylic acids is 2. The summed E-state index contributed by atoms with van der Waals surface area (Å²) in [6, 6.07) is -3.11. The number of nitrogens with zero attached hydrogens (tertiary/aromatic N) is 1. The third-order valence-corrected chi connectivity index (χ3v) is 4.54. The Balaban J connectivity index is 2.88. The van der Waals surface area contributed by atoms with E-state index in [-0.39, 0.29) is 11.8 Å². The number of nitrogens with one attached hydrogen (secondary N) is 1. The number of rotatable bonds is 6. The molecule has 25 heavy (non-hydrogen) atoms. The molecule has 1 aliphatic rings. The second kappa shape index (κ2) is 8.35. The summed E-state index contributed by atoms with van der Waals surface area (Å²) in [4.78, 5) is 26.2. The molecule has 0 spiro atoms. The number of aliphatic hydroxyl groups excluding tert-OH is 1. The molecule has 1 rings (SSSR count). The van der Waals surface area contributed by atoms with E-state index in [0.29, 0.717) is 19.4 Å². The van der Waals surface area contributed by atoms with Gasteiger partial charge >= 0.3 is 6.18 Å². The molecule has 146 valence electrons. The zero-order chi connectivity index (χ0) is 19.5. The van der Waals surface area contributed by atoms with Crippen LogP contribution in [0.15, 0.2) is 0 Å². The van der Waals surface area contributed by atoms with E-state index in [2.05, 4.69) is 5.32 Å². The van der Waals surface area contributed by atoms with E-state index in [1.165, 1.54) is 18.7 Å². The molecule has 2 amide bonds. The highest BCUT2D eigenvalue weighted by Gasteiger charge is 2.46. The minimum Gasteiger partial charge on any atom is -0.382 e. The van der Waals surface area contributed by atoms with Crippen molar-refractivity contribution in [3.05, 3.63) is 0 Å². The normalized spacial score (nSPS) is 22.2. The summed E-state index contributed by atoms with van der Waals surface area (Å²) < 4.78 is 38.4. The number of hydrogen-bond donors (Lipinski definition) is 3. The summed E-state index contributed by atoms with van der Waals surface area (Å²) in [5, 5.41) is 11.8. The Morgan fingerprint density at radius 2 is 1.76 bits per heavy atom. The molecular weight excluding hydrogens is 339 g/mol. The Morgan fingerprint density at radius 1 is 1.20 bits per heavy atom. The minimum absolute atomic E-state index is 0.118. The van der Waals surface area contributed by atoms with Gasteiger partial charge in [0.15, 0.2) is 6.10 Å². The summed E-state index contributed by atoms with van der Waals surface area (Å²) in [5.74, 6) is -1.83. The predicted molar refractivity (Wildman–Crippen MR) is 86.4 cm³/mol. The van der Waals surface area contributed by atoms with E-state index < -0.39 is 42.2 Å². The quantitative estimate of drug-likeness (QED) is 0.653. The van der Waals surface area contributed by atoms with Gasteiger partial charge in [-0.1, -0.05) is 27.7 Å². The van der Waals surface area contributed by atoms with Crippen molar-refractivity contribution >= 4 is 11.8 Å². The van der Waals surface area contributed by atoms with Gasteiger partial charge in [-0.3, -0.25) is 9.59 Å². The first-order valence-corrected chi connectivity index (χ1v) is 8.49. The van der Waals surface area contributed by atoms with Crippen LogP contribution in [0.5, 0.6) is 0 Å². The average Bonchev–Trinajstić information content (AvgIpc) is 2.98. The van der Waals surface area contributed by atoms with Gasteiger partial charge in [0.2, 0.25) is 11.8 Å². The molecule has 2 unspecified atom stereocenters. The van der Waals surface area contributed by atoms with Crippen molar-refractivity contribution < 1.29 is 27.9 Å². The van der Waals surface area contributed by atoms with Crippen molar-refractivity contribution in [1.29, 1.82) is 0 Å². The number of aliphatic hydroxyl groups is 1. The van der Waals surface area contributed by atoms with Crippen molar-refractivity contribution in [2.45, 2.75) is 70.9 Å². The van der Waals surface area contributed by atoms with Crippen LogP contribution < -0.4 is 11.1 Å². The molecule has 1 heterocycles. The SMILES string of the molecule is CC(C)C(NC(=O)[C@H]1CCCN1C(=O)[C@H](N)C(C)C)C(O)C(F)(F)F. The van der Waals surface area contributed by atoms with Crippen LogP contribution in [0.2, 0.25) is 0 Å². The summed E-state index contributed by atoms with van der Waals surface area (Å²) in [5.41, 5.74) is 5.85. The zero-order valence-corrected chi connectivity index (χ0v) is 15.0. The standard InChI is InChI=1S/C16H28F3N3O3/c1-8(2)11(20)15(25)22-7-5-6-10(22)14(24)21-12(9(3)4)13(23)16(17,18)19/h8-13,23H,5-7,20H2,1-4H3,(H,21,24)/t10-,11-,12?,13?/m1/s1. The number of hydrogen-bond acceptors (Lipinski definition) is 4. The Labute approximate surface area is 145 Å². The second-order valence-corrected chi connectivity index (χ2v) is 7.22. The van der Waals surface area contributed by atoms with Crippen LogP contribution in [0.3, 0.4) is 0 Å². The lowest BCUT2D eigenvalue weighted by Crippen LogP contribution is -2.58. The van der Waals surface area contributed by atoms with Gasteiger partial charge in [-0.25, -0.2) is 0 Å². The maximum Gasteiger partial charge on any atom is 0.416 e. The van der Waals surface area contributed by atoms with E-state index in [4.69, 9.17) is 5.73 Å². The van der Waals surface area contributed by atoms with Crippen LogP contribution in [-0.4, -0.2) is 58.8 Å². The van der Waals surface area contributed by atoms with Crippen LogP contribution in [0, 0.1) is 11.8 Å². The molecule has 4 N–H and O–H groups in total. The van der Waals surface area contributed by atoms with Gasteiger partial charge in [0, 0.05) is 6.54 Å². The van der Waals surface area contributed by atoms with Gasteiger partial charge < -0.3 is 21.1 Å². The number of halogens is 3. The van der Waals surface area contributed by atoms with Crippen molar-refractivity contribution in [2.75, 3.05) is 6.54 Å². The minimum atomic E-state index is -4.84. The molecule has 0 aromatic carbocycles. The fraction of sp³-hybridized carbons (Fsp3) is 0.875. The molecule has 0 aromatic heterocycles. The van der Waals surface area contributed by atoms with Gasteiger partial charge in [0.05, 0.1) is 12.1 Å². The first-order valence-electron chi connectivity index (χ1n) is 8.49. The maximum absolute atomic E-state index is 12.8. The van der Waals surface area contributed by atoms with Gasteiger partial charge in [-0.15, -0.1) is 0 Å². The molecule has 1 saturated heterocycles. The molecule has 6 nitrogen and oxygen atoms in total. The van der Waals surface area contributed by atoms with E-state index in [0.717, 1.165) is 0 Å². The summed E-state index contributed by atoms with van der Waals surface area (Å²) in [6.45, 7) is 6.86. The maximum atomic E-state index is 12.8. The van der Waals surface area contributed by atoms with Crippen LogP contribution in [0.25, 0.3) is 0 Å². The molecule has 4 atom stereocenters. The fourth-order valence-corrected chi connectivity index (χ4v) is 2.85. The van der Waals surface area contributed by atoms with Gasteiger partial charge in [-0.05, 0) is 24.7 Å². The van der Waals surface area contributed by atoms with Crippen LogP contribution in [-0.2, 0) is 9.59 Å². The highest BCUT2D eigenvalue weighted by Crippen LogP contribution is 2.26. The summed E-state index contributed by atoms with van der Waals surface area (Å²) in [7, 11) is 0. The van der Waals surface area contributed by atoms with E-state index in [1.54, 1.807) is 13.8 Å². The Kier molecular flexibility index (Phi) is 7.25. The molecule has 0 radical (unpaired) electrons. The number of carbonyl (C=O) groups is 2. The predicted octanol–water partition coefficient (Wildman–Crippen LogP) is 1.02. The number of alkyl halides is 3. The first kappa shape index (κ1) is 21.7. The Bertz CT molecular complexity index is 483. The lowest BCUT2D eigenvalue weighted by atomic mass is 9.97. The van der Waals surface area contributed by atoms with Gasteiger partial charge in [-0.2, -0.15) is 13.2 Å². The molecule has 1 fully saturated rings. The summed E-state index contributed by atoms with van der Waals surface area (Å²) >= 11 is 0. The van der Waals surface area contributed by atoms with Gasteiger partial charge in [0.1, 0.15) is 6.04 Å². The molecule has 9 heteroatoms. The molecule has 0 aromatic rings. The largest absolute Gasteiger partial charge is 0.416 e. The van der Waals surface area contributed by atoms with E-state index in [1.807, 2.05) is 0 Å². The molecule has 0 bridgehead atoms. The lowest BCUT2D eigenvalue weighted by molar-refractivity contribution is -0.215. The second-order valence-electron chi connectivity index (χ2n) is 7.22. The molecule has 0 saturated carbocycles. The van der Waals surface area contributed by atoms with Crippen molar-refractivity contribution in [3.63, 3.8) is 0 Å². The smallest absolute Gasteiger partial charge is 0.382 e. The molecule has 1 aliphatic heterocycles. The van der Waals surface area contributed by atoms with Crippen LogP contribution in [0.4, 0.5) is 13.2 Å². The van der Waals surface area contributed by atoms with Gasteiger partial charge in [0.25, 0.3) is 0 Å². The van der Waals surface area contributed by atoms with E-state index >= 15 is 0 Å². The molecule has 0 aliphatic carbocycles. The highest BCUT2D eigenvalue weighted by atomic mass is 19.4. The monoisotopic (exact) mass is 367 g/mol. The number of nitrogens with two attached hydrogens (primary N) is 1. The van der Waals surface area contributed by atoms with Crippen molar-refractivity contribution in [1.82, 2.24) is 10.2 Å². The number of amides is 2. The number of likely N-dealkylation sites (tertiary alicyclic amines) is 1. The van der Waals surface area contributed by atoms with E-state index in [9.17, 15) is 27.9 Å². The van der Waals surface area contributed by atoms with Crippen LogP contribution in [0.1, 0.15) is 40.5 Å². The Hall–Kier alpha value is -1.35. The van der Waals surface area contributed by atoms with Crippen LogP contribution >= 0.6 is 0 Å². The van der Waals surface area contributed by atoms with Crippen molar-refractivity contribution in [2.24, 2.45) is 17.6 Å². The Morgan fingerprint density at radius 3 is 2.20 bits per heavy atom. The zero-order valence-electron chi connectivity index (χ0n) is 15.0. The lowest BCUT2D eigenvalue weighted by Gasteiger charge is -2.32. The third kappa shape index (κ3) is 5.31. The topological polar surface area (TPSA) is 95.7 Å². The third-order valence-electron chi connectivity index (χ3n) is 4.54. The first-order chi connectivity index (χ1) is 11.4. The molecular formula is C16H28F3N3O3. The summed E-state index contributed by atoms with van der Waals surface area (Å²) in [6.07, 6.45) is -6.58.